The van der Waals surface area contributed by atoms with Crippen molar-refractivity contribution in [2.45, 2.75) is 26.2 Å². The normalized spacial score (nSPS) is 12.1. The summed E-state index contributed by atoms with van der Waals surface area (Å²) in [6.07, 6.45) is 5.38. The molecule has 0 amide bonds. The molecule has 0 saturated carbocycles. The Morgan fingerprint density at radius 1 is 0.542 bits per heavy atom. The number of aryl methyl sites for hydroxylation is 1. The van der Waals surface area contributed by atoms with E-state index in [1.807, 2.05) is 29.9 Å². The lowest BCUT2D eigenvalue weighted by Crippen LogP contribution is -2.26. The van der Waals surface area contributed by atoms with Crippen LogP contribution in [-0.4, -0.2) is 18.7 Å². The van der Waals surface area contributed by atoms with Crippen LogP contribution < -0.4 is 9.30 Å². The number of pyridine rings is 1. The summed E-state index contributed by atoms with van der Waals surface area (Å²) in [6, 6.07) is 60.2. The second-order valence-electron chi connectivity index (χ2n) is 16.4. The number of aromatic nitrogens is 5. The Kier molecular flexibility index (Phi) is 7.85. The van der Waals surface area contributed by atoms with E-state index in [1.54, 1.807) is 0 Å². The maximum absolute atomic E-state index is 6.69. The molecule has 4 aromatic heterocycles. The quantitative estimate of drug-likeness (QED) is 0.125. The Balaban J connectivity index is 1.09. The summed E-state index contributed by atoms with van der Waals surface area (Å²) in [6.45, 7) is 6.73. The highest BCUT2D eigenvalue weighted by molar-refractivity contribution is 6.15. The monoisotopic (exact) mass is 763 g/mol. The molecule has 11 aromatic rings. The fraction of sp³-hybridized carbons (Fsp3) is 0.0943. The lowest BCUT2D eigenvalue weighted by Gasteiger charge is -2.20. The SMILES string of the molecule is C[n+]1[c-]n(-c2cccc(Oc3ccc4c5cc(-c6cccc7c8ccccc8n(-c8ccccc8)c67)ccc5n(-c5cc(C(C)(C)C)ccn5)c4c3)c2)c2ccccc21. The Morgan fingerprint density at radius 3 is 2.12 bits per heavy atom. The molecule has 0 fully saturated rings. The lowest BCUT2D eigenvalue weighted by atomic mass is 9.88. The van der Waals surface area contributed by atoms with Crippen LogP contribution in [0.25, 0.3) is 83.0 Å². The van der Waals surface area contributed by atoms with Crippen LogP contribution in [0.2, 0.25) is 0 Å². The maximum Gasteiger partial charge on any atom is 0.244 e. The molecule has 7 aromatic carbocycles. The third-order valence-corrected chi connectivity index (χ3v) is 11.6. The van der Waals surface area contributed by atoms with E-state index in [2.05, 4.69) is 199 Å². The molecule has 59 heavy (non-hydrogen) atoms. The Hall–Kier alpha value is -7.44. The zero-order chi connectivity index (χ0) is 39.8. The highest BCUT2D eigenvalue weighted by atomic mass is 16.5. The molecule has 0 bridgehead atoms. The summed E-state index contributed by atoms with van der Waals surface area (Å²) in [5, 5.41) is 4.75. The minimum absolute atomic E-state index is 0.0433. The van der Waals surface area contributed by atoms with Gasteiger partial charge >= 0.3 is 0 Å². The largest absolute Gasteiger partial charge is 0.458 e. The van der Waals surface area contributed by atoms with E-state index >= 15 is 0 Å². The molecule has 6 nitrogen and oxygen atoms in total. The third-order valence-electron chi connectivity index (χ3n) is 11.6. The predicted molar refractivity (Wildman–Crippen MR) is 240 cm³/mol. The van der Waals surface area contributed by atoms with Crippen molar-refractivity contribution < 1.29 is 9.30 Å². The fourth-order valence-corrected chi connectivity index (χ4v) is 8.80. The van der Waals surface area contributed by atoms with Gasteiger partial charge in [-0.2, -0.15) is 0 Å². The summed E-state index contributed by atoms with van der Waals surface area (Å²) in [7, 11) is 2.02. The standard InChI is InChI=1S/C53H41N5O/c1-53(2,3)36-28-29-54-51(31-36)58-47-27-24-35(41-19-13-20-44-42-18-8-9-21-46(42)57(52(41)44)37-14-6-5-7-15-37)30-45(47)43-26-25-40(33-50(43)58)59-39-17-12-16-38(32-39)56-34-55(4)48-22-10-11-23-49(48)56/h5-33H,1-4H3. The maximum atomic E-state index is 6.69. The average Bonchev–Trinajstić information content (AvgIpc) is 3.90. The lowest BCUT2D eigenvalue weighted by molar-refractivity contribution is -0.649. The van der Waals surface area contributed by atoms with Crippen molar-refractivity contribution in [3.63, 3.8) is 0 Å². The van der Waals surface area contributed by atoms with Crippen LogP contribution in [-0.2, 0) is 12.5 Å². The second kappa shape index (κ2) is 13.3. The number of para-hydroxylation sites is 5. The molecule has 0 atom stereocenters. The van der Waals surface area contributed by atoms with Gasteiger partial charge in [0.1, 0.15) is 17.3 Å². The summed E-state index contributed by atoms with van der Waals surface area (Å²) < 4.78 is 15.5. The fourth-order valence-electron chi connectivity index (χ4n) is 8.80. The zero-order valence-corrected chi connectivity index (χ0v) is 33.4. The molecule has 0 saturated heterocycles. The molecule has 11 rings (SSSR count). The van der Waals surface area contributed by atoms with Gasteiger partial charge in [0.2, 0.25) is 6.33 Å². The van der Waals surface area contributed by atoms with E-state index in [-0.39, 0.29) is 5.41 Å². The van der Waals surface area contributed by atoms with Gasteiger partial charge in [-0.05, 0) is 83.3 Å². The van der Waals surface area contributed by atoms with Crippen molar-refractivity contribution in [2.24, 2.45) is 7.05 Å². The van der Waals surface area contributed by atoms with Crippen molar-refractivity contribution >= 4 is 54.6 Å². The number of hydrogen-bond donors (Lipinski definition) is 0. The van der Waals surface area contributed by atoms with Crippen molar-refractivity contribution in [1.29, 1.82) is 0 Å². The van der Waals surface area contributed by atoms with Crippen LogP contribution in [0.5, 0.6) is 11.5 Å². The van der Waals surface area contributed by atoms with Crippen molar-refractivity contribution in [3.8, 4) is 39.8 Å². The molecule has 284 valence electrons. The first-order valence-corrected chi connectivity index (χ1v) is 20.1. The second-order valence-corrected chi connectivity index (χ2v) is 16.4. The molecule has 0 aliphatic heterocycles. The number of hydrogen-bond acceptors (Lipinski definition) is 2. The van der Waals surface area contributed by atoms with E-state index in [1.165, 1.54) is 32.9 Å². The first-order chi connectivity index (χ1) is 28.8. The highest BCUT2D eigenvalue weighted by Gasteiger charge is 2.21. The number of nitrogens with zero attached hydrogens (tertiary/aromatic N) is 5. The van der Waals surface area contributed by atoms with Crippen LogP contribution >= 0.6 is 0 Å². The van der Waals surface area contributed by atoms with Gasteiger partial charge in [0.25, 0.3) is 0 Å². The van der Waals surface area contributed by atoms with Gasteiger partial charge in [0.15, 0.2) is 0 Å². The van der Waals surface area contributed by atoms with Crippen LogP contribution in [0.15, 0.2) is 176 Å². The minimum Gasteiger partial charge on any atom is -0.458 e. The van der Waals surface area contributed by atoms with E-state index in [9.17, 15) is 0 Å². The molecule has 0 aliphatic rings. The van der Waals surface area contributed by atoms with E-state index in [0.717, 1.165) is 67.1 Å². The minimum atomic E-state index is -0.0433. The molecular formula is C53H41N5O. The molecule has 6 heteroatoms. The van der Waals surface area contributed by atoms with Gasteiger partial charge in [0, 0.05) is 45.1 Å². The summed E-state index contributed by atoms with van der Waals surface area (Å²) in [5.41, 5.74) is 12.3. The third kappa shape index (κ3) is 5.71. The molecular weight excluding hydrogens is 723 g/mol. The molecule has 0 N–H and O–H groups in total. The Labute approximate surface area is 342 Å². The van der Waals surface area contributed by atoms with Crippen LogP contribution in [0.4, 0.5) is 0 Å². The smallest absolute Gasteiger partial charge is 0.244 e. The molecule has 4 heterocycles. The molecule has 0 unspecified atom stereocenters. The number of benzene rings is 7. The van der Waals surface area contributed by atoms with Crippen molar-refractivity contribution in [1.82, 2.24) is 18.7 Å². The summed E-state index contributed by atoms with van der Waals surface area (Å²) >= 11 is 0. The van der Waals surface area contributed by atoms with Gasteiger partial charge in [-0.25, -0.2) is 4.98 Å². The Bertz CT molecular complexity index is 3420. The topological polar surface area (TPSA) is 40.8 Å². The zero-order valence-electron chi connectivity index (χ0n) is 33.4. The number of fused-ring (bicyclic) bond motifs is 7. The van der Waals surface area contributed by atoms with Gasteiger partial charge in [-0.1, -0.05) is 118 Å². The van der Waals surface area contributed by atoms with Crippen LogP contribution in [0.3, 0.4) is 0 Å². The van der Waals surface area contributed by atoms with E-state index < -0.39 is 0 Å². The van der Waals surface area contributed by atoms with Gasteiger partial charge in [-0.15, -0.1) is 0 Å². The first-order valence-electron chi connectivity index (χ1n) is 20.1. The van der Waals surface area contributed by atoms with Crippen LogP contribution in [0, 0.1) is 6.33 Å². The average molecular weight is 764 g/mol. The summed E-state index contributed by atoms with van der Waals surface area (Å²) in [4.78, 5) is 4.98. The predicted octanol–water partition coefficient (Wildman–Crippen LogP) is 12.6. The van der Waals surface area contributed by atoms with Gasteiger partial charge in [-0.3, -0.25) is 4.57 Å². The number of ether oxygens (including phenoxy) is 1. The molecule has 0 spiro atoms. The molecule has 0 aliphatic carbocycles. The van der Waals surface area contributed by atoms with Gasteiger partial charge < -0.3 is 18.4 Å². The van der Waals surface area contributed by atoms with Crippen LogP contribution in [0.1, 0.15) is 26.3 Å². The van der Waals surface area contributed by atoms with Gasteiger partial charge in [0.05, 0.1) is 45.8 Å². The van der Waals surface area contributed by atoms with E-state index in [0.29, 0.717) is 0 Å². The van der Waals surface area contributed by atoms with Crippen molar-refractivity contribution in [3.05, 3.63) is 188 Å². The number of imidazole rings is 1. The molecule has 0 radical (unpaired) electrons. The summed E-state index contributed by atoms with van der Waals surface area (Å²) in [5.74, 6) is 2.36. The van der Waals surface area contributed by atoms with Crippen molar-refractivity contribution in [2.75, 3.05) is 0 Å². The highest BCUT2D eigenvalue weighted by Crippen LogP contribution is 2.42. The first kappa shape index (κ1) is 34.8. The Morgan fingerprint density at radius 2 is 1.25 bits per heavy atom. The number of rotatable bonds is 6. The van der Waals surface area contributed by atoms with E-state index in [4.69, 9.17) is 9.72 Å².